The number of nitrogens with zero attached hydrogens (tertiary/aromatic N) is 5. The average Bonchev–Trinajstić information content (AvgIpc) is 3.15. The molecule has 4 rings (SSSR count). The van der Waals surface area contributed by atoms with Crippen LogP contribution in [0.5, 0.6) is 0 Å². The van der Waals surface area contributed by atoms with E-state index in [1.807, 2.05) is 0 Å². The Morgan fingerprint density at radius 2 is 2.04 bits per heavy atom. The number of anilines is 1. The SMILES string of the molecule is CN1CCCC12CCN(c1cc(C(=O)O)cn3ncnc13)CC2. The molecule has 0 saturated carbocycles. The summed E-state index contributed by atoms with van der Waals surface area (Å²) in [6.07, 6.45) is 7.76. The van der Waals surface area contributed by atoms with Crippen molar-refractivity contribution in [2.75, 3.05) is 31.6 Å². The summed E-state index contributed by atoms with van der Waals surface area (Å²) < 4.78 is 1.56. The Hall–Kier alpha value is -2.15. The highest BCUT2D eigenvalue weighted by atomic mass is 16.4. The van der Waals surface area contributed by atoms with E-state index in [-0.39, 0.29) is 5.56 Å². The second kappa shape index (κ2) is 5.19. The van der Waals surface area contributed by atoms with Gasteiger partial charge in [0.15, 0.2) is 5.65 Å². The summed E-state index contributed by atoms with van der Waals surface area (Å²) in [6.45, 7) is 3.04. The molecule has 7 heteroatoms. The normalized spacial score (nSPS) is 21.3. The molecule has 0 bridgehead atoms. The van der Waals surface area contributed by atoms with E-state index < -0.39 is 5.97 Å². The van der Waals surface area contributed by atoms with Crippen LogP contribution in [0.2, 0.25) is 0 Å². The number of piperidine rings is 1. The van der Waals surface area contributed by atoms with Gasteiger partial charge < -0.3 is 14.9 Å². The average molecular weight is 315 g/mol. The molecule has 0 aromatic carbocycles. The topological polar surface area (TPSA) is 74.0 Å². The summed E-state index contributed by atoms with van der Waals surface area (Å²) in [6, 6.07) is 1.72. The lowest BCUT2D eigenvalue weighted by molar-refractivity contribution is 0.0696. The van der Waals surface area contributed by atoms with Gasteiger partial charge in [0.05, 0.1) is 11.3 Å². The molecule has 2 saturated heterocycles. The minimum atomic E-state index is -0.937. The number of carboxylic acids is 1. The monoisotopic (exact) mass is 315 g/mol. The molecule has 23 heavy (non-hydrogen) atoms. The molecule has 0 amide bonds. The maximum atomic E-state index is 11.4. The van der Waals surface area contributed by atoms with Crippen LogP contribution in [-0.2, 0) is 0 Å². The van der Waals surface area contributed by atoms with E-state index in [0.717, 1.165) is 37.3 Å². The first-order valence-corrected chi connectivity index (χ1v) is 8.12. The molecule has 4 heterocycles. The molecule has 7 nitrogen and oxygen atoms in total. The zero-order valence-electron chi connectivity index (χ0n) is 13.3. The van der Waals surface area contributed by atoms with Crippen LogP contribution in [0.3, 0.4) is 0 Å². The Morgan fingerprint density at radius 1 is 1.26 bits per heavy atom. The predicted octanol–water partition coefficient (Wildman–Crippen LogP) is 1.49. The van der Waals surface area contributed by atoms with Crippen LogP contribution in [0.1, 0.15) is 36.0 Å². The lowest BCUT2D eigenvalue weighted by atomic mass is 9.85. The van der Waals surface area contributed by atoms with E-state index in [2.05, 4.69) is 26.9 Å². The van der Waals surface area contributed by atoms with Crippen LogP contribution < -0.4 is 4.90 Å². The van der Waals surface area contributed by atoms with Crippen molar-refractivity contribution in [1.29, 1.82) is 0 Å². The number of pyridine rings is 1. The lowest BCUT2D eigenvalue weighted by Crippen LogP contribution is -2.50. The van der Waals surface area contributed by atoms with Gasteiger partial charge in [0.25, 0.3) is 0 Å². The number of likely N-dealkylation sites (tertiary alicyclic amines) is 1. The summed E-state index contributed by atoms with van der Waals surface area (Å²) in [5.41, 5.74) is 2.19. The number of carbonyl (C=O) groups is 1. The number of aromatic carboxylic acids is 1. The summed E-state index contributed by atoms with van der Waals surface area (Å²) in [4.78, 5) is 20.4. The van der Waals surface area contributed by atoms with Gasteiger partial charge in [0.2, 0.25) is 0 Å². The van der Waals surface area contributed by atoms with Gasteiger partial charge >= 0.3 is 5.97 Å². The highest BCUT2D eigenvalue weighted by molar-refractivity contribution is 5.90. The van der Waals surface area contributed by atoms with Crippen molar-refractivity contribution in [3.8, 4) is 0 Å². The smallest absolute Gasteiger partial charge is 0.337 e. The van der Waals surface area contributed by atoms with E-state index in [1.54, 1.807) is 10.6 Å². The van der Waals surface area contributed by atoms with Gasteiger partial charge in [-0.25, -0.2) is 14.3 Å². The summed E-state index contributed by atoms with van der Waals surface area (Å²) >= 11 is 0. The third kappa shape index (κ3) is 2.26. The van der Waals surface area contributed by atoms with Crippen molar-refractivity contribution in [3.05, 3.63) is 24.2 Å². The first kappa shape index (κ1) is 14.4. The highest BCUT2D eigenvalue weighted by Gasteiger charge is 2.41. The van der Waals surface area contributed by atoms with Crippen LogP contribution in [0.4, 0.5) is 5.69 Å². The highest BCUT2D eigenvalue weighted by Crippen LogP contribution is 2.38. The molecular formula is C16H21N5O2. The maximum Gasteiger partial charge on any atom is 0.337 e. The third-order valence-corrected chi connectivity index (χ3v) is 5.58. The van der Waals surface area contributed by atoms with Crippen LogP contribution in [0.25, 0.3) is 5.65 Å². The molecule has 1 spiro atoms. The molecule has 0 unspecified atom stereocenters. The quantitative estimate of drug-likeness (QED) is 0.905. The fraction of sp³-hybridized carbons (Fsp3) is 0.562. The molecule has 1 N–H and O–H groups in total. The minimum Gasteiger partial charge on any atom is -0.478 e. The van der Waals surface area contributed by atoms with Gasteiger partial charge in [0.1, 0.15) is 6.33 Å². The van der Waals surface area contributed by atoms with Gasteiger partial charge in [-0.3, -0.25) is 0 Å². The zero-order valence-corrected chi connectivity index (χ0v) is 13.3. The molecule has 0 atom stereocenters. The number of aromatic nitrogens is 3. The van der Waals surface area contributed by atoms with Gasteiger partial charge in [-0.1, -0.05) is 0 Å². The van der Waals surface area contributed by atoms with Crippen molar-refractivity contribution < 1.29 is 9.90 Å². The Morgan fingerprint density at radius 3 is 2.70 bits per heavy atom. The molecule has 2 aliphatic heterocycles. The second-order valence-electron chi connectivity index (χ2n) is 6.68. The second-order valence-corrected chi connectivity index (χ2v) is 6.68. The van der Waals surface area contributed by atoms with E-state index in [9.17, 15) is 9.90 Å². The Balaban J connectivity index is 1.65. The van der Waals surface area contributed by atoms with Crippen LogP contribution in [0, 0.1) is 0 Å². The van der Waals surface area contributed by atoms with Crippen molar-refractivity contribution in [2.24, 2.45) is 0 Å². The van der Waals surface area contributed by atoms with Crippen molar-refractivity contribution in [2.45, 2.75) is 31.2 Å². The lowest BCUT2D eigenvalue weighted by Gasteiger charge is -2.44. The van der Waals surface area contributed by atoms with E-state index in [0.29, 0.717) is 5.54 Å². The summed E-state index contributed by atoms with van der Waals surface area (Å²) in [7, 11) is 2.23. The number of fused-ring (bicyclic) bond motifs is 1. The van der Waals surface area contributed by atoms with E-state index >= 15 is 0 Å². The summed E-state index contributed by atoms with van der Waals surface area (Å²) in [5, 5.41) is 13.4. The standard InChI is InChI=1S/C16H21N5O2/c1-19-6-2-3-16(19)4-7-20(8-5-16)13-9-12(15(22)23)10-21-14(13)17-11-18-21/h9-11H,2-8H2,1H3,(H,22,23). The minimum absolute atomic E-state index is 0.247. The number of hydrogen-bond acceptors (Lipinski definition) is 5. The Kier molecular flexibility index (Phi) is 3.26. The molecule has 2 aromatic heterocycles. The van der Waals surface area contributed by atoms with E-state index in [1.165, 1.54) is 31.9 Å². The van der Waals surface area contributed by atoms with Gasteiger partial charge in [-0.05, 0) is 45.3 Å². The van der Waals surface area contributed by atoms with Crippen LogP contribution in [-0.4, -0.2) is 62.8 Å². The molecule has 122 valence electrons. The summed E-state index contributed by atoms with van der Waals surface area (Å²) in [5.74, 6) is -0.937. The van der Waals surface area contributed by atoms with Gasteiger partial charge in [-0.15, -0.1) is 0 Å². The number of carboxylic acid groups (broad SMARTS) is 1. The number of rotatable bonds is 2. The molecule has 0 radical (unpaired) electrons. The number of hydrogen-bond donors (Lipinski definition) is 1. The van der Waals surface area contributed by atoms with Gasteiger partial charge in [-0.2, -0.15) is 5.10 Å². The predicted molar refractivity (Wildman–Crippen MR) is 86.0 cm³/mol. The van der Waals surface area contributed by atoms with Crippen LogP contribution in [0.15, 0.2) is 18.6 Å². The maximum absolute atomic E-state index is 11.4. The molecule has 0 aliphatic carbocycles. The first-order chi connectivity index (χ1) is 11.1. The Labute approximate surface area is 134 Å². The molecule has 2 aromatic rings. The zero-order chi connectivity index (χ0) is 16.0. The fourth-order valence-corrected chi connectivity index (χ4v) is 4.13. The van der Waals surface area contributed by atoms with Crippen LogP contribution >= 0.6 is 0 Å². The molecular weight excluding hydrogens is 294 g/mol. The third-order valence-electron chi connectivity index (χ3n) is 5.58. The molecule has 2 aliphatic rings. The van der Waals surface area contributed by atoms with Crippen molar-refractivity contribution in [3.63, 3.8) is 0 Å². The van der Waals surface area contributed by atoms with Crippen molar-refractivity contribution >= 4 is 17.3 Å². The van der Waals surface area contributed by atoms with Crippen molar-refractivity contribution in [1.82, 2.24) is 19.5 Å². The fourth-order valence-electron chi connectivity index (χ4n) is 4.13. The largest absolute Gasteiger partial charge is 0.478 e. The Bertz CT molecular complexity index is 748. The first-order valence-electron chi connectivity index (χ1n) is 8.12. The van der Waals surface area contributed by atoms with E-state index in [4.69, 9.17) is 0 Å². The molecule has 2 fully saturated rings. The van der Waals surface area contributed by atoms with Gasteiger partial charge in [0, 0.05) is 24.8 Å².